The number of hydrogen-bond donors (Lipinski definition) is 1. The van der Waals surface area contributed by atoms with Gasteiger partial charge in [0, 0.05) is 13.1 Å². The van der Waals surface area contributed by atoms with Crippen molar-refractivity contribution < 1.29 is 4.74 Å². The zero-order valence-electron chi connectivity index (χ0n) is 7.26. The van der Waals surface area contributed by atoms with Crippen LogP contribution in [0.1, 0.15) is 19.8 Å². The number of ether oxygens (including phenoxy) is 1. The van der Waals surface area contributed by atoms with Crippen LogP contribution in [0.3, 0.4) is 0 Å². The fourth-order valence-corrected chi connectivity index (χ4v) is 1.15. The van der Waals surface area contributed by atoms with Gasteiger partial charge in [-0.1, -0.05) is 6.92 Å². The SMILES string of the molecule is COC1=NCCC(C)CCN1. The lowest BCUT2D eigenvalue weighted by atomic mass is 10.0. The number of rotatable bonds is 0. The smallest absolute Gasteiger partial charge is 0.284 e. The summed E-state index contributed by atoms with van der Waals surface area (Å²) in [5.74, 6) is 0.782. The van der Waals surface area contributed by atoms with Crippen LogP contribution in [-0.2, 0) is 4.74 Å². The minimum atomic E-state index is 0.692. The number of methoxy groups -OCH3 is 1. The Labute approximate surface area is 67.8 Å². The molecule has 0 aromatic rings. The summed E-state index contributed by atoms with van der Waals surface area (Å²) in [5, 5.41) is 3.13. The Morgan fingerprint density at radius 3 is 3.09 bits per heavy atom. The first-order valence-electron chi connectivity index (χ1n) is 4.15. The molecule has 1 N–H and O–H groups in total. The third-order valence-electron chi connectivity index (χ3n) is 1.98. The maximum atomic E-state index is 5.00. The Bertz CT molecular complexity index is 145. The second-order valence-electron chi connectivity index (χ2n) is 3.00. The second-order valence-corrected chi connectivity index (χ2v) is 3.00. The zero-order valence-corrected chi connectivity index (χ0v) is 7.26. The van der Waals surface area contributed by atoms with Gasteiger partial charge in [-0.3, -0.25) is 0 Å². The molecule has 3 nitrogen and oxygen atoms in total. The summed E-state index contributed by atoms with van der Waals surface area (Å²) in [7, 11) is 1.65. The van der Waals surface area contributed by atoms with Crippen molar-refractivity contribution in [2.24, 2.45) is 10.9 Å². The summed E-state index contributed by atoms with van der Waals surface area (Å²) in [4.78, 5) is 4.24. The normalized spacial score (nSPS) is 26.0. The van der Waals surface area contributed by atoms with Crippen LogP contribution < -0.4 is 5.32 Å². The molecule has 0 spiro atoms. The van der Waals surface area contributed by atoms with Crippen LogP contribution >= 0.6 is 0 Å². The van der Waals surface area contributed by atoms with Gasteiger partial charge in [0.05, 0.1) is 7.11 Å². The first-order valence-corrected chi connectivity index (χ1v) is 4.15. The van der Waals surface area contributed by atoms with E-state index >= 15 is 0 Å². The summed E-state index contributed by atoms with van der Waals surface area (Å²) < 4.78 is 5.00. The Morgan fingerprint density at radius 1 is 1.55 bits per heavy atom. The first-order chi connectivity index (χ1) is 5.33. The van der Waals surface area contributed by atoms with Gasteiger partial charge in [0.15, 0.2) is 0 Å². The fourth-order valence-electron chi connectivity index (χ4n) is 1.15. The number of nitrogens with zero attached hydrogens (tertiary/aromatic N) is 1. The van der Waals surface area contributed by atoms with Gasteiger partial charge in [-0.15, -0.1) is 0 Å². The van der Waals surface area contributed by atoms with E-state index < -0.39 is 0 Å². The molecule has 0 aliphatic carbocycles. The van der Waals surface area contributed by atoms with Gasteiger partial charge in [0.2, 0.25) is 0 Å². The lowest BCUT2D eigenvalue weighted by molar-refractivity contribution is 0.364. The van der Waals surface area contributed by atoms with Crippen molar-refractivity contribution in [3.63, 3.8) is 0 Å². The minimum Gasteiger partial charge on any atom is -0.469 e. The van der Waals surface area contributed by atoms with Gasteiger partial charge < -0.3 is 10.1 Å². The summed E-state index contributed by atoms with van der Waals surface area (Å²) >= 11 is 0. The van der Waals surface area contributed by atoms with Gasteiger partial charge in [0.25, 0.3) is 6.02 Å². The zero-order chi connectivity index (χ0) is 8.10. The molecule has 0 aromatic heterocycles. The Kier molecular flexibility index (Phi) is 3.20. The molecule has 1 aliphatic rings. The standard InChI is InChI=1S/C8H16N2O/c1-7-3-5-9-8(11-2)10-6-4-7/h7H,3-6H2,1-2H3,(H,9,10). The van der Waals surface area contributed by atoms with E-state index in [0.29, 0.717) is 6.02 Å². The van der Waals surface area contributed by atoms with E-state index in [1.165, 1.54) is 12.8 Å². The number of amidine groups is 1. The van der Waals surface area contributed by atoms with E-state index in [9.17, 15) is 0 Å². The Balaban J connectivity index is 2.40. The average Bonchev–Trinajstić information content (AvgIpc) is 1.96. The molecule has 0 saturated heterocycles. The van der Waals surface area contributed by atoms with Crippen molar-refractivity contribution in [2.75, 3.05) is 20.2 Å². The van der Waals surface area contributed by atoms with Gasteiger partial charge in [-0.2, -0.15) is 0 Å². The lowest BCUT2D eigenvalue weighted by Crippen LogP contribution is -2.29. The monoisotopic (exact) mass is 156 g/mol. The first kappa shape index (κ1) is 8.37. The van der Waals surface area contributed by atoms with Crippen LogP contribution in [0, 0.1) is 5.92 Å². The highest BCUT2D eigenvalue weighted by Gasteiger charge is 2.06. The number of aliphatic imine (C=N–C) groups is 1. The molecule has 3 heteroatoms. The molecule has 11 heavy (non-hydrogen) atoms. The third kappa shape index (κ3) is 2.78. The van der Waals surface area contributed by atoms with Crippen LogP contribution in [0.4, 0.5) is 0 Å². The highest BCUT2D eigenvalue weighted by atomic mass is 16.5. The third-order valence-corrected chi connectivity index (χ3v) is 1.98. The molecule has 1 rings (SSSR count). The predicted octanol–water partition coefficient (Wildman–Crippen LogP) is 1.01. The highest BCUT2D eigenvalue weighted by molar-refractivity contribution is 5.73. The largest absolute Gasteiger partial charge is 0.469 e. The molecule has 0 bridgehead atoms. The van der Waals surface area contributed by atoms with E-state index in [0.717, 1.165) is 19.0 Å². The maximum Gasteiger partial charge on any atom is 0.284 e. The van der Waals surface area contributed by atoms with Gasteiger partial charge in [-0.05, 0) is 18.8 Å². The van der Waals surface area contributed by atoms with Crippen LogP contribution in [0.25, 0.3) is 0 Å². The fraction of sp³-hybridized carbons (Fsp3) is 0.875. The molecule has 1 heterocycles. The van der Waals surface area contributed by atoms with Crippen LogP contribution in [0.2, 0.25) is 0 Å². The van der Waals surface area contributed by atoms with Crippen molar-refractivity contribution >= 4 is 6.02 Å². The van der Waals surface area contributed by atoms with Crippen molar-refractivity contribution in [2.45, 2.75) is 19.8 Å². The topological polar surface area (TPSA) is 33.6 Å². The molecule has 0 fully saturated rings. The van der Waals surface area contributed by atoms with Crippen molar-refractivity contribution in [3.05, 3.63) is 0 Å². The molecule has 0 aromatic carbocycles. The highest BCUT2D eigenvalue weighted by Crippen LogP contribution is 2.07. The lowest BCUT2D eigenvalue weighted by Gasteiger charge is -2.15. The maximum absolute atomic E-state index is 5.00. The molecule has 0 radical (unpaired) electrons. The van der Waals surface area contributed by atoms with Crippen LogP contribution in [-0.4, -0.2) is 26.2 Å². The van der Waals surface area contributed by atoms with Crippen LogP contribution in [0.5, 0.6) is 0 Å². The number of nitrogens with one attached hydrogen (secondary N) is 1. The average molecular weight is 156 g/mol. The molecule has 0 saturated carbocycles. The predicted molar refractivity (Wildman–Crippen MR) is 45.7 cm³/mol. The van der Waals surface area contributed by atoms with Gasteiger partial charge >= 0.3 is 0 Å². The molecule has 1 atom stereocenters. The van der Waals surface area contributed by atoms with Crippen molar-refractivity contribution in [1.29, 1.82) is 0 Å². The summed E-state index contributed by atoms with van der Waals surface area (Å²) in [6.07, 6.45) is 2.39. The van der Waals surface area contributed by atoms with E-state index in [4.69, 9.17) is 4.74 Å². The number of hydrogen-bond acceptors (Lipinski definition) is 3. The van der Waals surface area contributed by atoms with Crippen molar-refractivity contribution in [3.8, 4) is 0 Å². The summed E-state index contributed by atoms with van der Waals surface area (Å²) in [6, 6.07) is 0.692. The Morgan fingerprint density at radius 2 is 2.36 bits per heavy atom. The van der Waals surface area contributed by atoms with E-state index in [1.807, 2.05) is 0 Å². The molecule has 1 aliphatic heterocycles. The molecular weight excluding hydrogens is 140 g/mol. The second kappa shape index (κ2) is 4.21. The van der Waals surface area contributed by atoms with Crippen LogP contribution in [0.15, 0.2) is 4.99 Å². The van der Waals surface area contributed by atoms with E-state index in [-0.39, 0.29) is 0 Å². The Hall–Kier alpha value is -0.730. The van der Waals surface area contributed by atoms with E-state index in [2.05, 4.69) is 17.2 Å². The quantitative estimate of drug-likeness (QED) is 0.568. The summed E-state index contributed by atoms with van der Waals surface area (Å²) in [5.41, 5.74) is 0. The summed E-state index contributed by atoms with van der Waals surface area (Å²) in [6.45, 7) is 4.13. The molecular formula is C8H16N2O. The van der Waals surface area contributed by atoms with Gasteiger partial charge in [0.1, 0.15) is 0 Å². The molecule has 1 unspecified atom stereocenters. The minimum absolute atomic E-state index is 0.692. The molecule has 64 valence electrons. The molecule has 0 amide bonds. The van der Waals surface area contributed by atoms with E-state index in [1.54, 1.807) is 7.11 Å². The van der Waals surface area contributed by atoms with Gasteiger partial charge in [-0.25, -0.2) is 4.99 Å². The van der Waals surface area contributed by atoms with Crippen molar-refractivity contribution in [1.82, 2.24) is 5.32 Å².